The van der Waals surface area contributed by atoms with Crippen LogP contribution in [-0.4, -0.2) is 42.0 Å². The van der Waals surface area contributed by atoms with E-state index in [0.29, 0.717) is 45.6 Å². The third kappa shape index (κ3) is 6.16. The summed E-state index contributed by atoms with van der Waals surface area (Å²) in [5.41, 5.74) is 3.36. The van der Waals surface area contributed by atoms with Crippen LogP contribution in [0.1, 0.15) is 18.0 Å². The molecule has 2 aromatic rings. The zero-order valence-electron chi connectivity index (χ0n) is 17.3. The molecule has 0 radical (unpaired) electrons. The summed E-state index contributed by atoms with van der Waals surface area (Å²) in [5, 5.41) is 10.0. The van der Waals surface area contributed by atoms with Crippen LogP contribution < -0.4 is 4.90 Å². The highest BCUT2D eigenvalue weighted by atomic mass is 79.9. The van der Waals surface area contributed by atoms with E-state index in [2.05, 4.69) is 27.4 Å². The lowest BCUT2D eigenvalue weighted by Crippen LogP contribution is -2.50. The fraction of sp³-hybridized carbons (Fsp3) is 0.250. The number of nitrogens with one attached hydrogen (secondary N) is 1. The Morgan fingerprint density at radius 3 is 2.44 bits per heavy atom. The molecule has 1 heterocycles. The van der Waals surface area contributed by atoms with Gasteiger partial charge in [0.2, 0.25) is 5.91 Å². The number of amides is 1. The molecule has 0 aromatic heterocycles. The van der Waals surface area contributed by atoms with Gasteiger partial charge in [0.15, 0.2) is 0 Å². The van der Waals surface area contributed by atoms with Gasteiger partial charge in [-0.25, -0.2) is 0 Å². The van der Waals surface area contributed by atoms with Crippen LogP contribution in [0.2, 0.25) is 15.1 Å². The molecular formula is C24H23BrCl3N3O. The first-order valence-corrected chi connectivity index (χ1v) is 12.3. The van der Waals surface area contributed by atoms with Crippen molar-refractivity contribution in [1.82, 2.24) is 4.90 Å². The monoisotopic (exact) mass is 553 g/mol. The molecule has 32 heavy (non-hydrogen) atoms. The average molecular weight is 556 g/mol. The van der Waals surface area contributed by atoms with E-state index in [-0.39, 0.29) is 18.4 Å². The summed E-state index contributed by atoms with van der Waals surface area (Å²) in [6.07, 6.45) is 3.15. The number of hydrogen-bond donors (Lipinski definition) is 1. The summed E-state index contributed by atoms with van der Waals surface area (Å²) in [6, 6.07) is 13.0. The number of alkyl halides is 1. The van der Waals surface area contributed by atoms with Crippen LogP contribution in [0.3, 0.4) is 0 Å². The van der Waals surface area contributed by atoms with Gasteiger partial charge in [-0.05, 0) is 47.0 Å². The Labute approximate surface area is 212 Å². The van der Waals surface area contributed by atoms with Gasteiger partial charge in [-0.2, -0.15) is 0 Å². The molecule has 3 rings (SSSR count). The van der Waals surface area contributed by atoms with Gasteiger partial charge in [-0.3, -0.25) is 4.79 Å². The van der Waals surface area contributed by atoms with E-state index in [1.807, 2.05) is 41.3 Å². The van der Waals surface area contributed by atoms with Crippen LogP contribution in [0.5, 0.6) is 0 Å². The fourth-order valence-corrected chi connectivity index (χ4v) is 4.52. The largest absolute Gasteiger partial charge is 0.360 e. The molecule has 0 spiro atoms. The third-order valence-corrected chi connectivity index (χ3v) is 6.82. The van der Waals surface area contributed by atoms with E-state index in [0.717, 1.165) is 16.8 Å². The third-order valence-electron chi connectivity index (χ3n) is 5.31. The van der Waals surface area contributed by atoms with Crippen molar-refractivity contribution < 1.29 is 4.79 Å². The van der Waals surface area contributed by atoms with Gasteiger partial charge in [0.05, 0.1) is 23.2 Å². The number of rotatable bonds is 7. The quantitative estimate of drug-likeness (QED) is 0.228. The van der Waals surface area contributed by atoms with Crippen molar-refractivity contribution in [2.75, 3.05) is 29.9 Å². The number of halogens is 4. The van der Waals surface area contributed by atoms with Crippen LogP contribution in [0, 0.1) is 5.41 Å². The Balaban J connectivity index is 1.87. The van der Waals surface area contributed by atoms with Crippen molar-refractivity contribution in [1.29, 1.82) is 5.41 Å². The molecule has 0 aliphatic carbocycles. The first-order valence-electron chi connectivity index (χ1n) is 10.0. The molecular weight excluding hydrogens is 533 g/mol. The second kappa shape index (κ2) is 11.4. The summed E-state index contributed by atoms with van der Waals surface area (Å²) < 4.78 is 0. The molecule has 168 valence electrons. The number of carbonyl (C=O) groups excluding carboxylic acids is 1. The minimum atomic E-state index is -0.103. The number of carbonyl (C=O) groups is 1. The number of anilines is 1. The van der Waals surface area contributed by atoms with Crippen molar-refractivity contribution in [3.05, 3.63) is 86.9 Å². The predicted molar refractivity (Wildman–Crippen MR) is 139 cm³/mol. The van der Waals surface area contributed by atoms with Crippen LogP contribution in [0.25, 0.3) is 0 Å². The molecule has 1 fully saturated rings. The molecule has 1 atom stereocenters. The summed E-state index contributed by atoms with van der Waals surface area (Å²) in [6.45, 7) is 5.55. The van der Waals surface area contributed by atoms with E-state index in [4.69, 9.17) is 40.2 Å². The maximum absolute atomic E-state index is 13.1. The maximum Gasteiger partial charge on any atom is 0.227 e. The summed E-state index contributed by atoms with van der Waals surface area (Å²) >= 11 is 22.1. The smallest absolute Gasteiger partial charge is 0.227 e. The molecule has 1 unspecified atom stereocenters. The van der Waals surface area contributed by atoms with Crippen molar-refractivity contribution in [3.63, 3.8) is 0 Å². The molecule has 2 aromatic carbocycles. The standard InChI is InChI=1S/C24H23BrCl3N3O/c1-16(13-25)10-17(14-29)11-24(32)30-8-9-31(22-7-6-20(27)12-21(22)28)23(15-30)18-2-4-19(26)5-3-18/h2-7,10,12,14,23,29H,1,8-9,11,13,15H2/b17-10-,29-14?. The summed E-state index contributed by atoms with van der Waals surface area (Å²) in [7, 11) is 0. The number of nitrogens with zero attached hydrogens (tertiary/aromatic N) is 2. The second-order valence-corrected chi connectivity index (χ2v) is 9.37. The molecule has 1 N–H and O–H groups in total. The number of allylic oxidation sites excluding steroid dienone is 2. The van der Waals surface area contributed by atoms with Gasteiger partial charge in [0.1, 0.15) is 0 Å². The Morgan fingerprint density at radius 1 is 1.12 bits per heavy atom. The molecule has 8 heteroatoms. The average Bonchev–Trinajstić information content (AvgIpc) is 2.78. The van der Waals surface area contributed by atoms with Crippen molar-refractivity contribution in [3.8, 4) is 0 Å². The molecule has 4 nitrogen and oxygen atoms in total. The maximum atomic E-state index is 13.1. The summed E-state index contributed by atoms with van der Waals surface area (Å²) in [4.78, 5) is 17.1. The van der Waals surface area contributed by atoms with Gasteiger partial charge in [-0.15, -0.1) is 0 Å². The Morgan fingerprint density at radius 2 is 1.81 bits per heavy atom. The van der Waals surface area contributed by atoms with E-state index in [9.17, 15) is 4.79 Å². The van der Waals surface area contributed by atoms with Crippen LogP contribution in [-0.2, 0) is 4.79 Å². The van der Waals surface area contributed by atoms with E-state index in [1.165, 1.54) is 6.21 Å². The van der Waals surface area contributed by atoms with Gasteiger partial charge in [0, 0.05) is 41.2 Å². The van der Waals surface area contributed by atoms with Gasteiger partial charge in [-0.1, -0.05) is 75.5 Å². The van der Waals surface area contributed by atoms with Gasteiger partial charge in [0.25, 0.3) is 0 Å². The Kier molecular flexibility index (Phi) is 8.83. The molecule has 0 bridgehead atoms. The van der Waals surface area contributed by atoms with E-state index in [1.54, 1.807) is 12.1 Å². The normalized spacial score (nSPS) is 16.8. The number of hydrogen-bond acceptors (Lipinski definition) is 3. The van der Waals surface area contributed by atoms with Gasteiger partial charge >= 0.3 is 0 Å². The lowest BCUT2D eigenvalue weighted by molar-refractivity contribution is -0.131. The second-order valence-electron chi connectivity index (χ2n) is 7.53. The van der Waals surface area contributed by atoms with E-state index < -0.39 is 0 Å². The zero-order chi connectivity index (χ0) is 23.3. The van der Waals surface area contributed by atoms with E-state index >= 15 is 0 Å². The molecule has 1 aliphatic heterocycles. The van der Waals surface area contributed by atoms with Crippen molar-refractivity contribution >= 4 is 68.5 Å². The van der Waals surface area contributed by atoms with Crippen molar-refractivity contribution in [2.45, 2.75) is 12.5 Å². The zero-order valence-corrected chi connectivity index (χ0v) is 21.2. The first kappa shape index (κ1) is 24.8. The summed E-state index contributed by atoms with van der Waals surface area (Å²) in [5.74, 6) is -0.0251. The minimum Gasteiger partial charge on any atom is -0.360 e. The highest BCUT2D eigenvalue weighted by molar-refractivity contribution is 9.09. The fourth-order valence-electron chi connectivity index (χ4n) is 3.71. The molecule has 1 amide bonds. The Hall–Kier alpha value is -1.79. The molecule has 1 saturated heterocycles. The Bertz CT molecular complexity index is 1040. The number of piperazine rings is 1. The predicted octanol–water partition coefficient (Wildman–Crippen LogP) is 6.95. The topological polar surface area (TPSA) is 47.4 Å². The lowest BCUT2D eigenvalue weighted by Gasteiger charge is -2.43. The highest BCUT2D eigenvalue weighted by Crippen LogP contribution is 2.37. The molecule has 1 aliphatic rings. The SMILES string of the molecule is C=C(/C=C(\C=N)CC(=O)N1CCN(c2ccc(Cl)cc2Cl)C(c2ccc(Cl)cc2)C1)CBr. The highest BCUT2D eigenvalue weighted by Gasteiger charge is 2.32. The van der Waals surface area contributed by atoms with Crippen molar-refractivity contribution in [2.24, 2.45) is 0 Å². The van der Waals surface area contributed by atoms with Gasteiger partial charge < -0.3 is 15.2 Å². The first-order chi connectivity index (χ1) is 15.3. The van der Waals surface area contributed by atoms with Crippen LogP contribution in [0.15, 0.2) is 66.3 Å². The lowest BCUT2D eigenvalue weighted by atomic mass is 10.0. The van der Waals surface area contributed by atoms with Crippen LogP contribution >= 0.6 is 50.7 Å². The molecule has 0 saturated carbocycles. The minimum absolute atomic E-state index is 0.0251. The van der Waals surface area contributed by atoms with Crippen LogP contribution in [0.4, 0.5) is 5.69 Å². The number of benzene rings is 2.